The number of nitrogens with one attached hydrogen (secondary N) is 2. The third kappa shape index (κ3) is 7.40. The fourth-order valence-corrected chi connectivity index (χ4v) is 3.25. The van der Waals surface area contributed by atoms with E-state index in [0.717, 1.165) is 37.8 Å². The van der Waals surface area contributed by atoms with Crippen molar-refractivity contribution in [2.24, 2.45) is 4.99 Å². The number of halogens is 1. The Kier molecular flexibility index (Phi) is 10.9. The summed E-state index contributed by atoms with van der Waals surface area (Å²) in [6.45, 7) is 6.40. The highest BCUT2D eigenvalue weighted by atomic mass is 127. The molecule has 1 heterocycles. The lowest BCUT2D eigenvalue weighted by Crippen LogP contribution is -2.45. The highest BCUT2D eigenvalue weighted by Gasteiger charge is 2.17. The number of guanidine groups is 1. The maximum absolute atomic E-state index is 5.39. The van der Waals surface area contributed by atoms with E-state index in [1.807, 2.05) is 25.2 Å². The molecule has 0 radical (unpaired) electrons. The molecule has 1 aliphatic heterocycles. The van der Waals surface area contributed by atoms with Crippen LogP contribution in [0.1, 0.15) is 31.7 Å². The Morgan fingerprint density at radius 1 is 1.24 bits per heavy atom. The van der Waals surface area contributed by atoms with Crippen molar-refractivity contribution in [3.63, 3.8) is 0 Å². The molecule has 1 aliphatic rings. The van der Waals surface area contributed by atoms with E-state index in [-0.39, 0.29) is 24.0 Å². The molecular formula is C19H33IN4O. The molecule has 0 aromatic heterocycles. The molecule has 0 amide bonds. The molecular weight excluding hydrogens is 427 g/mol. The van der Waals surface area contributed by atoms with Crippen molar-refractivity contribution in [3.05, 3.63) is 29.8 Å². The Morgan fingerprint density at radius 3 is 2.72 bits per heavy atom. The van der Waals surface area contributed by atoms with E-state index in [1.165, 1.54) is 31.4 Å². The van der Waals surface area contributed by atoms with Gasteiger partial charge in [0.2, 0.25) is 0 Å². The van der Waals surface area contributed by atoms with Crippen molar-refractivity contribution in [2.45, 2.75) is 38.6 Å². The van der Waals surface area contributed by atoms with Crippen LogP contribution in [0.4, 0.5) is 0 Å². The molecule has 6 heteroatoms. The average molecular weight is 460 g/mol. The third-order valence-electron chi connectivity index (χ3n) is 4.73. The molecule has 1 fully saturated rings. The first kappa shape index (κ1) is 22.0. The molecule has 0 saturated carbocycles. The summed E-state index contributed by atoms with van der Waals surface area (Å²) in [6, 6.07) is 8.86. The second-order valence-corrected chi connectivity index (χ2v) is 6.37. The van der Waals surface area contributed by atoms with Gasteiger partial charge in [-0.15, -0.1) is 24.0 Å². The molecule has 1 aromatic rings. The van der Waals surface area contributed by atoms with Gasteiger partial charge in [0, 0.05) is 32.7 Å². The molecule has 1 saturated heterocycles. The number of ether oxygens (including phenoxy) is 1. The SMILES string of the molecule is CN=C(NCCc1ccccc1OC)NCCN1CCCCC1C.I. The lowest BCUT2D eigenvalue weighted by Gasteiger charge is -2.33. The quantitative estimate of drug-likeness (QED) is 0.373. The van der Waals surface area contributed by atoms with Crippen LogP contribution in [0.15, 0.2) is 29.3 Å². The molecule has 1 unspecified atom stereocenters. The average Bonchev–Trinajstić information content (AvgIpc) is 2.62. The normalized spacial score (nSPS) is 18.4. The number of methoxy groups -OCH3 is 1. The van der Waals surface area contributed by atoms with Crippen LogP contribution in [0.5, 0.6) is 5.75 Å². The van der Waals surface area contributed by atoms with E-state index < -0.39 is 0 Å². The molecule has 25 heavy (non-hydrogen) atoms. The molecule has 1 aromatic carbocycles. The maximum atomic E-state index is 5.39. The molecule has 5 nitrogen and oxygen atoms in total. The lowest BCUT2D eigenvalue weighted by atomic mass is 10.0. The summed E-state index contributed by atoms with van der Waals surface area (Å²) in [6.07, 6.45) is 4.94. The predicted molar refractivity (Wildman–Crippen MR) is 116 cm³/mol. The number of aliphatic imine (C=N–C) groups is 1. The Balaban J connectivity index is 0.00000312. The summed E-state index contributed by atoms with van der Waals surface area (Å²) in [5.41, 5.74) is 1.21. The number of benzene rings is 1. The number of hydrogen-bond acceptors (Lipinski definition) is 3. The predicted octanol–water partition coefficient (Wildman–Crippen LogP) is 2.90. The first-order chi connectivity index (χ1) is 11.7. The van der Waals surface area contributed by atoms with Gasteiger partial charge in [-0.3, -0.25) is 9.89 Å². The van der Waals surface area contributed by atoms with E-state index in [2.05, 4.69) is 33.5 Å². The van der Waals surface area contributed by atoms with Crippen LogP contribution in [0.25, 0.3) is 0 Å². The van der Waals surface area contributed by atoms with Crippen LogP contribution >= 0.6 is 24.0 Å². The zero-order valence-corrected chi connectivity index (χ0v) is 18.1. The second kappa shape index (κ2) is 12.4. The van der Waals surface area contributed by atoms with Crippen LogP contribution < -0.4 is 15.4 Å². The Bertz CT molecular complexity index is 524. The fraction of sp³-hybridized carbons (Fsp3) is 0.632. The molecule has 0 spiro atoms. The van der Waals surface area contributed by atoms with E-state index in [9.17, 15) is 0 Å². The van der Waals surface area contributed by atoms with Gasteiger partial charge < -0.3 is 15.4 Å². The Labute approximate surface area is 169 Å². The maximum Gasteiger partial charge on any atom is 0.191 e. The van der Waals surface area contributed by atoms with Crippen molar-refractivity contribution >= 4 is 29.9 Å². The minimum Gasteiger partial charge on any atom is -0.496 e. The molecule has 142 valence electrons. The van der Waals surface area contributed by atoms with E-state index in [4.69, 9.17) is 4.74 Å². The molecule has 0 aliphatic carbocycles. The highest BCUT2D eigenvalue weighted by Crippen LogP contribution is 2.17. The fourth-order valence-electron chi connectivity index (χ4n) is 3.25. The summed E-state index contributed by atoms with van der Waals surface area (Å²) < 4.78 is 5.39. The number of rotatable bonds is 7. The molecule has 1 atom stereocenters. The Hall–Kier alpha value is -1.02. The van der Waals surface area contributed by atoms with Gasteiger partial charge >= 0.3 is 0 Å². The summed E-state index contributed by atoms with van der Waals surface area (Å²) in [5, 5.41) is 6.80. The monoisotopic (exact) mass is 460 g/mol. The van der Waals surface area contributed by atoms with Gasteiger partial charge in [-0.25, -0.2) is 0 Å². The largest absolute Gasteiger partial charge is 0.496 e. The van der Waals surface area contributed by atoms with Crippen LogP contribution in [0, 0.1) is 0 Å². The van der Waals surface area contributed by atoms with Gasteiger partial charge in [-0.05, 0) is 44.4 Å². The minimum absolute atomic E-state index is 0. The van der Waals surface area contributed by atoms with Gasteiger partial charge in [-0.1, -0.05) is 24.6 Å². The summed E-state index contributed by atoms with van der Waals surface area (Å²) in [7, 11) is 3.54. The standard InChI is InChI=1S/C19H32N4O.HI/c1-16-8-6-7-14-23(16)15-13-22-19(20-2)21-12-11-17-9-4-5-10-18(17)24-3;/h4-5,9-10,16H,6-8,11-15H2,1-3H3,(H2,20,21,22);1H. The van der Waals surface area contributed by atoms with E-state index in [0.29, 0.717) is 6.04 Å². The minimum atomic E-state index is 0. The third-order valence-corrected chi connectivity index (χ3v) is 4.73. The number of para-hydroxylation sites is 1. The molecule has 0 bridgehead atoms. The van der Waals surface area contributed by atoms with Crippen molar-refractivity contribution in [2.75, 3.05) is 40.3 Å². The number of hydrogen-bond donors (Lipinski definition) is 2. The van der Waals surface area contributed by atoms with Crippen LogP contribution in [-0.2, 0) is 6.42 Å². The first-order valence-corrected chi connectivity index (χ1v) is 9.05. The first-order valence-electron chi connectivity index (χ1n) is 9.05. The topological polar surface area (TPSA) is 48.9 Å². The summed E-state index contributed by atoms with van der Waals surface area (Å²) >= 11 is 0. The smallest absolute Gasteiger partial charge is 0.191 e. The van der Waals surface area contributed by atoms with Crippen molar-refractivity contribution < 1.29 is 4.74 Å². The van der Waals surface area contributed by atoms with Gasteiger partial charge in [0.1, 0.15) is 5.75 Å². The van der Waals surface area contributed by atoms with Crippen LogP contribution in [0.3, 0.4) is 0 Å². The van der Waals surface area contributed by atoms with Crippen molar-refractivity contribution in [1.29, 1.82) is 0 Å². The number of nitrogens with zero attached hydrogens (tertiary/aromatic N) is 2. The molecule has 2 rings (SSSR count). The van der Waals surface area contributed by atoms with Crippen LogP contribution in [-0.4, -0.2) is 57.2 Å². The van der Waals surface area contributed by atoms with Gasteiger partial charge in [0.15, 0.2) is 5.96 Å². The Morgan fingerprint density at radius 2 is 2.00 bits per heavy atom. The number of likely N-dealkylation sites (tertiary alicyclic amines) is 1. The van der Waals surface area contributed by atoms with Gasteiger partial charge in [-0.2, -0.15) is 0 Å². The van der Waals surface area contributed by atoms with Gasteiger partial charge in [0.25, 0.3) is 0 Å². The van der Waals surface area contributed by atoms with Gasteiger partial charge in [0.05, 0.1) is 7.11 Å². The summed E-state index contributed by atoms with van der Waals surface area (Å²) in [5.74, 6) is 1.82. The summed E-state index contributed by atoms with van der Waals surface area (Å²) in [4.78, 5) is 6.88. The highest BCUT2D eigenvalue weighted by molar-refractivity contribution is 14.0. The lowest BCUT2D eigenvalue weighted by molar-refractivity contribution is 0.163. The van der Waals surface area contributed by atoms with E-state index in [1.54, 1.807) is 7.11 Å². The second-order valence-electron chi connectivity index (χ2n) is 6.37. The van der Waals surface area contributed by atoms with Crippen LogP contribution in [0.2, 0.25) is 0 Å². The van der Waals surface area contributed by atoms with Crippen molar-refractivity contribution in [3.8, 4) is 5.75 Å². The zero-order chi connectivity index (χ0) is 17.2. The zero-order valence-electron chi connectivity index (χ0n) is 15.8. The molecule has 2 N–H and O–H groups in total. The number of piperidine rings is 1. The van der Waals surface area contributed by atoms with E-state index >= 15 is 0 Å². The van der Waals surface area contributed by atoms with Crippen molar-refractivity contribution in [1.82, 2.24) is 15.5 Å².